The van der Waals surface area contributed by atoms with Crippen LogP contribution < -0.4 is 5.32 Å². The molecule has 2 rings (SSSR count). The first-order chi connectivity index (χ1) is 8.55. The molecule has 0 amide bonds. The summed E-state index contributed by atoms with van der Waals surface area (Å²) in [5.41, 5.74) is 0. The predicted octanol–water partition coefficient (Wildman–Crippen LogP) is 1.66. The van der Waals surface area contributed by atoms with Crippen LogP contribution in [0.3, 0.4) is 0 Å². The monoisotopic (exact) mass is 380 g/mol. The first-order valence-corrected chi connectivity index (χ1v) is 8.55. The minimum atomic E-state index is -3.36. The maximum Gasteiger partial charge on any atom is 0.243 e. The predicted molar refractivity (Wildman–Crippen MR) is 80.0 cm³/mol. The summed E-state index contributed by atoms with van der Waals surface area (Å²) in [6.45, 7) is 4.05. The van der Waals surface area contributed by atoms with Gasteiger partial charge in [0.2, 0.25) is 10.0 Å². The van der Waals surface area contributed by atoms with E-state index in [1.807, 2.05) is 19.1 Å². The second-order valence-corrected chi connectivity index (χ2v) is 7.45. The number of nitrogens with one attached hydrogen (secondary N) is 1. The summed E-state index contributed by atoms with van der Waals surface area (Å²) in [5, 5.41) is 3.21. The lowest BCUT2D eigenvalue weighted by Crippen LogP contribution is -2.41. The molecule has 1 aliphatic rings. The molecule has 0 bridgehead atoms. The van der Waals surface area contributed by atoms with Gasteiger partial charge in [-0.25, -0.2) is 8.42 Å². The minimum Gasteiger partial charge on any atom is -0.315 e. The van der Waals surface area contributed by atoms with Crippen molar-refractivity contribution in [1.29, 1.82) is 0 Å². The molecule has 100 valence electrons. The van der Waals surface area contributed by atoms with Gasteiger partial charge in [-0.1, -0.05) is 6.92 Å². The van der Waals surface area contributed by atoms with Crippen LogP contribution in [-0.2, 0) is 10.0 Å². The molecular formula is C12H17IN2O2S. The molecule has 1 N–H and O–H groups in total. The van der Waals surface area contributed by atoms with Crippen molar-refractivity contribution in [2.45, 2.75) is 24.3 Å². The normalized spacial score (nSPS) is 20.5. The Kier molecular flexibility index (Phi) is 4.63. The molecule has 1 aromatic rings. The molecule has 4 nitrogen and oxygen atoms in total. The van der Waals surface area contributed by atoms with Crippen LogP contribution in [0.15, 0.2) is 29.2 Å². The highest BCUT2D eigenvalue weighted by molar-refractivity contribution is 14.1. The molecule has 0 spiro atoms. The Labute approximate surface area is 122 Å². The van der Waals surface area contributed by atoms with Crippen LogP contribution in [0.25, 0.3) is 0 Å². The highest BCUT2D eigenvalue weighted by atomic mass is 127. The van der Waals surface area contributed by atoms with Crippen molar-refractivity contribution in [3.8, 4) is 0 Å². The van der Waals surface area contributed by atoms with Gasteiger partial charge in [0.15, 0.2) is 0 Å². The zero-order valence-corrected chi connectivity index (χ0v) is 13.2. The highest BCUT2D eigenvalue weighted by Crippen LogP contribution is 2.21. The Bertz CT molecular complexity index is 495. The van der Waals surface area contributed by atoms with E-state index < -0.39 is 10.0 Å². The smallest absolute Gasteiger partial charge is 0.243 e. The molecule has 1 saturated heterocycles. The van der Waals surface area contributed by atoms with Gasteiger partial charge in [0, 0.05) is 22.7 Å². The lowest BCUT2D eigenvalue weighted by molar-refractivity contribution is 0.349. The first-order valence-electron chi connectivity index (χ1n) is 6.04. The Morgan fingerprint density at radius 3 is 2.56 bits per heavy atom. The van der Waals surface area contributed by atoms with Crippen molar-refractivity contribution < 1.29 is 8.42 Å². The topological polar surface area (TPSA) is 49.4 Å². The largest absolute Gasteiger partial charge is 0.315 e. The molecule has 18 heavy (non-hydrogen) atoms. The fraction of sp³-hybridized carbons (Fsp3) is 0.500. The number of likely N-dealkylation sites (N-methyl/N-ethyl adjacent to an activating group) is 1. The van der Waals surface area contributed by atoms with E-state index in [1.165, 1.54) is 0 Å². The van der Waals surface area contributed by atoms with Gasteiger partial charge in [-0.3, -0.25) is 0 Å². The van der Waals surface area contributed by atoms with Crippen LogP contribution in [0, 0.1) is 3.57 Å². The van der Waals surface area contributed by atoms with Gasteiger partial charge in [-0.05, 0) is 59.8 Å². The summed E-state index contributed by atoms with van der Waals surface area (Å²) in [6, 6.07) is 7.10. The van der Waals surface area contributed by atoms with Gasteiger partial charge in [0.05, 0.1) is 4.90 Å². The molecule has 6 heteroatoms. The molecule has 1 unspecified atom stereocenters. The number of benzene rings is 1. The summed E-state index contributed by atoms with van der Waals surface area (Å²) in [5.74, 6) is 0. The van der Waals surface area contributed by atoms with Crippen molar-refractivity contribution in [2.75, 3.05) is 19.6 Å². The van der Waals surface area contributed by atoms with Crippen molar-refractivity contribution in [3.05, 3.63) is 27.8 Å². The Balaban J connectivity index is 2.30. The molecule has 0 saturated carbocycles. The van der Waals surface area contributed by atoms with E-state index in [0.717, 1.165) is 23.1 Å². The molecule has 1 aromatic carbocycles. The van der Waals surface area contributed by atoms with E-state index in [9.17, 15) is 8.42 Å². The zero-order chi connectivity index (χ0) is 13.2. The molecule has 1 fully saturated rings. The lowest BCUT2D eigenvalue weighted by atomic mass is 10.3. The van der Waals surface area contributed by atoms with E-state index >= 15 is 0 Å². The van der Waals surface area contributed by atoms with Gasteiger partial charge >= 0.3 is 0 Å². The van der Waals surface area contributed by atoms with Crippen LogP contribution in [0.2, 0.25) is 0 Å². The first kappa shape index (κ1) is 14.2. The van der Waals surface area contributed by atoms with Gasteiger partial charge in [-0.15, -0.1) is 0 Å². The molecule has 1 heterocycles. The molecule has 1 aliphatic heterocycles. The number of halogens is 1. The van der Waals surface area contributed by atoms with Crippen molar-refractivity contribution in [2.24, 2.45) is 0 Å². The maximum atomic E-state index is 12.6. The number of sulfonamides is 1. The van der Waals surface area contributed by atoms with Crippen molar-refractivity contribution >= 4 is 32.6 Å². The summed E-state index contributed by atoms with van der Waals surface area (Å²) < 4.78 is 27.8. The molecular weight excluding hydrogens is 363 g/mol. The zero-order valence-electron chi connectivity index (χ0n) is 10.3. The summed E-state index contributed by atoms with van der Waals surface area (Å²) >= 11 is 2.17. The number of nitrogens with zero attached hydrogens (tertiary/aromatic N) is 1. The van der Waals surface area contributed by atoms with E-state index in [2.05, 4.69) is 27.9 Å². The van der Waals surface area contributed by atoms with Gasteiger partial charge in [0.1, 0.15) is 0 Å². The van der Waals surface area contributed by atoms with Crippen molar-refractivity contribution in [1.82, 2.24) is 9.62 Å². The third kappa shape index (κ3) is 2.87. The second-order valence-electron chi connectivity index (χ2n) is 4.31. The second kappa shape index (κ2) is 5.85. The average molecular weight is 380 g/mol. The Morgan fingerprint density at radius 1 is 1.39 bits per heavy atom. The van der Waals surface area contributed by atoms with Crippen LogP contribution in [0.1, 0.15) is 13.3 Å². The lowest BCUT2D eigenvalue weighted by Gasteiger charge is -2.26. The quantitative estimate of drug-likeness (QED) is 0.809. The van der Waals surface area contributed by atoms with Crippen molar-refractivity contribution in [3.63, 3.8) is 0 Å². The summed E-state index contributed by atoms with van der Waals surface area (Å²) in [7, 11) is -3.36. The number of rotatable bonds is 4. The molecule has 0 aromatic heterocycles. The van der Waals surface area contributed by atoms with E-state index in [0.29, 0.717) is 11.4 Å². The third-order valence-electron chi connectivity index (χ3n) is 3.17. The average Bonchev–Trinajstić information content (AvgIpc) is 2.84. The summed E-state index contributed by atoms with van der Waals surface area (Å²) in [4.78, 5) is 0.386. The fourth-order valence-corrected chi connectivity index (χ4v) is 4.27. The molecule has 1 atom stereocenters. The Morgan fingerprint density at radius 2 is 2.06 bits per heavy atom. The van der Waals surface area contributed by atoms with Crippen LogP contribution in [0.4, 0.5) is 0 Å². The standard InChI is InChI=1S/C12H17IN2O2S/c1-2-15(11-7-8-14-9-11)18(16,17)12-5-3-10(13)4-6-12/h3-6,11,14H,2,7-9H2,1H3. The number of hydrogen-bond donors (Lipinski definition) is 1. The maximum absolute atomic E-state index is 12.6. The van der Waals surface area contributed by atoms with Gasteiger partial charge in [-0.2, -0.15) is 4.31 Å². The van der Waals surface area contributed by atoms with E-state index in [4.69, 9.17) is 0 Å². The molecule has 0 aliphatic carbocycles. The van der Waals surface area contributed by atoms with Gasteiger partial charge < -0.3 is 5.32 Å². The van der Waals surface area contributed by atoms with E-state index in [-0.39, 0.29) is 6.04 Å². The molecule has 0 radical (unpaired) electrons. The number of hydrogen-bond acceptors (Lipinski definition) is 3. The fourth-order valence-electron chi connectivity index (χ4n) is 2.25. The van der Waals surface area contributed by atoms with Crippen LogP contribution in [-0.4, -0.2) is 38.4 Å². The third-order valence-corrected chi connectivity index (χ3v) is 5.93. The van der Waals surface area contributed by atoms with E-state index in [1.54, 1.807) is 16.4 Å². The highest BCUT2D eigenvalue weighted by Gasteiger charge is 2.31. The van der Waals surface area contributed by atoms with Crippen LogP contribution in [0.5, 0.6) is 0 Å². The van der Waals surface area contributed by atoms with Crippen LogP contribution >= 0.6 is 22.6 Å². The van der Waals surface area contributed by atoms with Gasteiger partial charge in [0.25, 0.3) is 0 Å². The minimum absolute atomic E-state index is 0.0827. The SMILES string of the molecule is CCN(C1CCNC1)S(=O)(=O)c1ccc(I)cc1. The summed E-state index contributed by atoms with van der Waals surface area (Å²) in [6.07, 6.45) is 0.886. The Hall–Kier alpha value is -0.180.